The van der Waals surface area contributed by atoms with E-state index >= 15 is 0 Å². The molecule has 4 nitrogen and oxygen atoms in total. The lowest BCUT2D eigenvalue weighted by Gasteiger charge is -1.98. The zero-order chi connectivity index (χ0) is 8.43. The van der Waals surface area contributed by atoms with Gasteiger partial charge in [0.1, 0.15) is 11.5 Å². The summed E-state index contributed by atoms with van der Waals surface area (Å²) in [5.74, 6) is -0.623. The summed E-state index contributed by atoms with van der Waals surface area (Å²) in [5, 5.41) is 20.3. The van der Waals surface area contributed by atoms with Crippen LogP contribution in [0.25, 0.3) is 0 Å². The number of hydrogen-bond donors (Lipinski definition) is 2. The van der Waals surface area contributed by atoms with Crippen molar-refractivity contribution in [3.05, 3.63) is 22.1 Å². The van der Waals surface area contributed by atoms with E-state index in [1.807, 2.05) is 0 Å². The Hall–Kier alpha value is -1.29. The Balaban J connectivity index is 3.31. The largest absolute Gasteiger partial charge is 0.506 e. The Kier molecular flexibility index (Phi) is 1.96. The van der Waals surface area contributed by atoms with Crippen LogP contribution in [0.5, 0.6) is 11.5 Å². The third kappa shape index (κ3) is 1.40. The Bertz CT molecular complexity index is 300. The van der Waals surface area contributed by atoms with E-state index in [4.69, 9.17) is 21.8 Å². The predicted molar refractivity (Wildman–Crippen MR) is 40.2 cm³/mol. The van der Waals surface area contributed by atoms with Crippen molar-refractivity contribution in [1.82, 2.24) is 0 Å². The number of phenolic OH excluding ortho intramolecular Hbond substituents is 2. The topological polar surface area (TPSA) is 69.9 Å². The second kappa shape index (κ2) is 2.75. The van der Waals surface area contributed by atoms with Crippen molar-refractivity contribution >= 4 is 17.3 Å². The highest BCUT2D eigenvalue weighted by atomic mass is 35.5. The van der Waals surface area contributed by atoms with Crippen LogP contribution < -0.4 is 0 Å². The molecule has 2 N–H and O–H groups in total. The normalized spacial score (nSPS) is 9.55. The maximum atomic E-state index is 9.93. The molecule has 0 saturated carbocycles. The lowest BCUT2D eigenvalue weighted by Crippen LogP contribution is -1.70. The molecular formula is C6H4ClNO3. The molecule has 0 unspecified atom stereocenters. The fourth-order valence-corrected chi connectivity index (χ4v) is 0.771. The van der Waals surface area contributed by atoms with Gasteiger partial charge < -0.3 is 10.2 Å². The summed E-state index contributed by atoms with van der Waals surface area (Å²) in [4.78, 5) is 9.93. The van der Waals surface area contributed by atoms with Gasteiger partial charge >= 0.3 is 0 Å². The van der Waals surface area contributed by atoms with E-state index in [0.29, 0.717) is 0 Å². The van der Waals surface area contributed by atoms with Crippen molar-refractivity contribution in [2.45, 2.75) is 0 Å². The number of benzene rings is 1. The van der Waals surface area contributed by atoms with Crippen molar-refractivity contribution in [1.29, 1.82) is 0 Å². The molecule has 0 aliphatic heterocycles. The molecule has 0 heterocycles. The molecule has 58 valence electrons. The third-order valence-electron chi connectivity index (χ3n) is 1.14. The third-order valence-corrected chi connectivity index (χ3v) is 1.45. The second-order valence-corrected chi connectivity index (χ2v) is 2.29. The summed E-state index contributed by atoms with van der Waals surface area (Å²) in [5.41, 5.74) is -0.230. The number of nitrogens with zero attached hydrogens (tertiary/aromatic N) is 1. The molecule has 0 bridgehead atoms. The van der Waals surface area contributed by atoms with Crippen molar-refractivity contribution in [3.8, 4) is 11.5 Å². The molecule has 0 atom stereocenters. The van der Waals surface area contributed by atoms with E-state index < -0.39 is 0 Å². The summed E-state index contributed by atoms with van der Waals surface area (Å²) < 4.78 is 0. The first-order chi connectivity index (χ1) is 5.15. The van der Waals surface area contributed by atoms with Crippen LogP contribution in [0, 0.1) is 4.91 Å². The Morgan fingerprint density at radius 2 is 1.91 bits per heavy atom. The number of halogens is 1. The SMILES string of the molecule is O=Nc1cc(O)c(Cl)cc1O. The van der Waals surface area contributed by atoms with Gasteiger partial charge in [0, 0.05) is 12.1 Å². The molecule has 11 heavy (non-hydrogen) atoms. The quantitative estimate of drug-likeness (QED) is 0.505. The molecule has 0 radical (unpaired) electrons. The molecule has 0 spiro atoms. The van der Waals surface area contributed by atoms with Crippen LogP contribution in [0.15, 0.2) is 17.3 Å². The molecule has 0 aliphatic rings. The Morgan fingerprint density at radius 1 is 1.27 bits per heavy atom. The van der Waals surface area contributed by atoms with E-state index in [9.17, 15) is 4.91 Å². The molecule has 0 amide bonds. The first-order valence-electron chi connectivity index (χ1n) is 2.70. The second-order valence-electron chi connectivity index (χ2n) is 1.88. The smallest absolute Gasteiger partial charge is 0.153 e. The Morgan fingerprint density at radius 3 is 2.45 bits per heavy atom. The van der Waals surface area contributed by atoms with E-state index in [-0.39, 0.29) is 22.2 Å². The molecule has 0 fully saturated rings. The highest BCUT2D eigenvalue weighted by Crippen LogP contribution is 2.35. The van der Waals surface area contributed by atoms with Gasteiger partial charge in [-0.3, -0.25) is 0 Å². The molecule has 0 aromatic heterocycles. The fraction of sp³-hybridized carbons (Fsp3) is 0. The Labute approximate surface area is 67.0 Å². The van der Waals surface area contributed by atoms with Gasteiger partial charge in [-0.25, -0.2) is 0 Å². The molecule has 0 saturated heterocycles. The van der Waals surface area contributed by atoms with Gasteiger partial charge in [0.15, 0.2) is 5.69 Å². The van der Waals surface area contributed by atoms with E-state index in [0.717, 1.165) is 12.1 Å². The molecule has 1 aromatic carbocycles. The number of hydrogen-bond acceptors (Lipinski definition) is 4. The summed E-state index contributed by atoms with van der Waals surface area (Å²) in [6.07, 6.45) is 0. The van der Waals surface area contributed by atoms with Crippen LogP contribution in [0.4, 0.5) is 5.69 Å². The van der Waals surface area contributed by atoms with Gasteiger partial charge in [0.2, 0.25) is 0 Å². The molecule has 0 aliphatic carbocycles. The minimum absolute atomic E-state index is 0.0186. The van der Waals surface area contributed by atoms with Crippen LogP contribution in [0.2, 0.25) is 5.02 Å². The van der Waals surface area contributed by atoms with Crippen LogP contribution in [0.3, 0.4) is 0 Å². The van der Waals surface area contributed by atoms with Crippen molar-refractivity contribution < 1.29 is 10.2 Å². The zero-order valence-corrected chi connectivity index (χ0v) is 6.04. The monoisotopic (exact) mass is 173 g/mol. The van der Waals surface area contributed by atoms with Gasteiger partial charge in [-0.05, 0) is 5.18 Å². The maximum absolute atomic E-state index is 9.93. The zero-order valence-electron chi connectivity index (χ0n) is 5.28. The first-order valence-corrected chi connectivity index (χ1v) is 3.08. The fourth-order valence-electron chi connectivity index (χ4n) is 0.613. The van der Waals surface area contributed by atoms with Gasteiger partial charge in [-0.1, -0.05) is 11.6 Å². The van der Waals surface area contributed by atoms with Gasteiger partial charge in [-0.2, -0.15) is 0 Å². The number of nitroso groups, excluding NO2 is 1. The van der Waals surface area contributed by atoms with E-state index in [1.165, 1.54) is 0 Å². The van der Waals surface area contributed by atoms with Crippen molar-refractivity contribution in [3.63, 3.8) is 0 Å². The van der Waals surface area contributed by atoms with Crippen molar-refractivity contribution in [2.75, 3.05) is 0 Å². The van der Waals surface area contributed by atoms with Crippen LogP contribution in [0.1, 0.15) is 0 Å². The predicted octanol–water partition coefficient (Wildman–Crippen LogP) is 2.15. The molecule has 5 heteroatoms. The van der Waals surface area contributed by atoms with Gasteiger partial charge in [-0.15, -0.1) is 4.91 Å². The van der Waals surface area contributed by atoms with Crippen LogP contribution in [-0.2, 0) is 0 Å². The standard InChI is InChI=1S/C6H4ClNO3/c7-3-1-6(10)4(8-11)2-5(3)9/h1-2,9-10H. The number of rotatable bonds is 1. The van der Waals surface area contributed by atoms with E-state index in [2.05, 4.69) is 5.18 Å². The average molecular weight is 174 g/mol. The molecule has 1 rings (SSSR count). The maximum Gasteiger partial charge on any atom is 0.153 e. The average Bonchev–Trinajstić information content (AvgIpc) is 1.97. The molecule has 1 aromatic rings. The number of phenols is 2. The summed E-state index contributed by atoms with van der Waals surface area (Å²) in [6.45, 7) is 0. The lowest BCUT2D eigenvalue weighted by molar-refractivity contribution is 0.462. The van der Waals surface area contributed by atoms with E-state index in [1.54, 1.807) is 0 Å². The molecular weight excluding hydrogens is 170 g/mol. The minimum Gasteiger partial charge on any atom is -0.506 e. The van der Waals surface area contributed by atoms with Gasteiger partial charge in [0.25, 0.3) is 0 Å². The summed E-state index contributed by atoms with van der Waals surface area (Å²) >= 11 is 5.39. The summed E-state index contributed by atoms with van der Waals surface area (Å²) in [7, 11) is 0. The van der Waals surface area contributed by atoms with Crippen molar-refractivity contribution in [2.24, 2.45) is 5.18 Å². The highest BCUT2D eigenvalue weighted by Gasteiger charge is 2.06. The minimum atomic E-state index is -0.345. The van der Waals surface area contributed by atoms with Crippen LogP contribution >= 0.6 is 11.6 Å². The first kappa shape index (κ1) is 7.81. The summed E-state index contributed by atoms with van der Waals surface area (Å²) in [6, 6.07) is 2.04. The van der Waals surface area contributed by atoms with Crippen LogP contribution in [-0.4, -0.2) is 10.2 Å². The van der Waals surface area contributed by atoms with Gasteiger partial charge in [0.05, 0.1) is 5.02 Å². The number of aromatic hydroxyl groups is 2. The highest BCUT2D eigenvalue weighted by molar-refractivity contribution is 6.32. The lowest BCUT2D eigenvalue weighted by atomic mass is 10.3.